The molecule has 0 radical (unpaired) electrons. The number of carbonyl (C=O) groups is 1. The second kappa shape index (κ2) is 8.78. The number of amides is 1. The van der Waals surface area contributed by atoms with Crippen LogP contribution in [0.3, 0.4) is 0 Å². The van der Waals surface area contributed by atoms with Gasteiger partial charge in [0, 0.05) is 35.0 Å². The lowest BCUT2D eigenvalue weighted by atomic mass is 9.89. The van der Waals surface area contributed by atoms with Crippen LogP contribution in [0, 0.1) is 5.82 Å². The average Bonchev–Trinajstić information content (AvgIpc) is 3.42. The molecule has 34 heavy (non-hydrogen) atoms. The van der Waals surface area contributed by atoms with Crippen LogP contribution in [0.5, 0.6) is 0 Å². The molecule has 6 nitrogen and oxygen atoms in total. The van der Waals surface area contributed by atoms with Crippen molar-refractivity contribution in [1.29, 1.82) is 0 Å². The number of halogens is 1. The second-order valence-corrected chi connectivity index (χ2v) is 11.6. The monoisotopic (exact) mass is 498 g/mol. The molecule has 4 heterocycles. The van der Waals surface area contributed by atoms with Gasteiger partial charge in [0.2, 0.25) is 0 Å². The van der Waals surface area contributed by atoms with Crippen molar-refractivity contribution < 1.29 is 13.9 Å². The Balaban J connectivity index is 1.44. The third-order valence-electron chi connectivity index (χ3n) is 6.15. The fourth-order valence-corrected chi connectivity index (χ4v) is 6.42. The van der Waals surface area contributed by atoms with Crippen LogP contribution in [-0.2, 0) is 4.74 Å². The molecule has 178 valence electrons. The fourth-order valence-electron chi connectivity index (χ4n) is 4.49. The molecule has 5 rings (SSSR count). The Morgan fingerprint density at radius 1 is 1.24 bits per heavy atom. The molecule has 1 fully saturated rings. The average molecular weight is 499 g/mol. The molecule has 1 aliphatic heterocycles. The number of hydrogen-bond donors (Lipinski definition) is 1. The van der Waals surface area contributed by atoms with Crippen molar-refractivity contribution in [3.8, 4) is 0 Å². The maximum absolute atomic E-state index is 15.0. The van der Waals surface area contributed by atoms with E-state index < -0.39 is 5.60 Å². The number of likely N-dealkylation sites (tertiary alicyclic amines) is 1. The van der Waals surface area contributed by atoms with Crippen LogP contribution in [0.25, 0.3) is 20.4 Å². The third kappa shape index (κ3) is 4.34. The Bertz CT molecular complexity index is 1360. The molecule has 1 aliphatic rings. The van der Waals surface area contributed by atoms with Gasteiger partial charge in [0.25, 0.3) is 0 Å². The first kappa shape index (κ1) is 23.0. The van der Waals surface area contributed by atoms with E-state index in [2.05, 4.69) is 28.3 Å². The van der Waals surface area contributed by atoms with Crippen LogP contribution >= 0.6 is 22.7 Å². The van der Waals surface area contributed by atoms with Crippen LogP contribution in [-0.4, -0.2) is 39.1 Å². The summed E-state index contributed by atoms with van der Waals surface area (Å²) >= 11 is 3.05. The summed E-state index contributed by atoms with van der Waals surface area (Å²) in [7, 11) is 0. The van der Waals surface area contributed by atoms with Crippen molar-refractivity contribution >= 4 is 60.6 Å². The van der Waals surface area contributed by atoms with E-state index in [1.54, 1.807) is 29.1 Å². The van der Waals surface area contributed by atoms with E-state index in [0.717, 1.165) is 33.4 Å². The molecule has 0 saturated carbocycles. The summed E-state index contributed by atoms with van der Waals surface area (Å²) in [6, 6.07) is 7.63. The maximum Gasteiger partial charge on any atom is 0.410 e. The van der Waals surface area contributed by atoms with Gasteiger partial charge in [-0.25, -0.2) is 19.2 Å². The van der Waals surface area contributed by atoms with Crippen molar-refractivity contribution in [2.24, 2.45) is 0 Å². The molecular formula is C25H27FN4O2S2. The van der Waals surface area contributed by atoms with E-state index in [0.29, 0.717) is 17.7 Å². The lowest BCUT2D eigenvalue weighted by molar-refractivity contribution is 0.00911. The SMILES string of the molecule is C[C@@H]1C(c2cc3c(Nc4ccc5scnc5c4F)ccnc3s2)CCCN1C(=O)OC(C)(C)C. The van der Waals surface area contributed by atoms with Gasteiger partial charge >= 0.3 is 6.09 Å². The predicted octanol–water partition coefficient (Wildman–Crippen LogP) is 7.29. The van der Waals surface area contributed by atoms with Gasteiger partial charge in [-0.3, -0.25) is 0 Å². The molecule has 1 unspecified atom stereocenters. The van der Waals surface area contributed by atoms with Crippen LogP contribution in [0.1, 0.15) is 51.3 Å². The zero-order valence-corrected chi connectivity index (χ0v) is 21.2. The number of nitrogens with one attached hydrogen (secondary N) is 1. The molecule has 0 bridgehead atoms. The first-order valence-electron chi connectivity index (χ1n) is 11.4. The number of carbonyl (C=O) groups excluding carboxylic acids is 1. The smallest absolute Gasteiger partial charge is 0.410 e. The normalized spacial score (nSPS) is 19.0. The lowest BCUT2D eigenvalue weighted by Gasteiger charge is -2.39. The highest BCUT2D eigenvalue weighted by Crippen LogP contribution is 2.41. The number of rotatable bonds is 3. The van der Waals surface area contributed by atoms with E-state index >= 15 is 0 Å². The van der Waals surface area contributed by atoms with Crippen molar-refractivity contribution in [3.63, 3.8) is 0 Å². The highest BCUT2D eigenvalue weighted by atomic mass is 32.1. The van der Waals surface area contributed by atoms with E-state index in [4.69, 9.17) is 4.74 Å². The van der Waals surface area contributed by atoms with Crippen LogP contribution in [0.2, 0.25) is 0 Å². The van der Waals surface area contributed by atoms with E-state index in [1.165, 1.54) is 16.2 Å². The molecule has 0 aliphatic carbocycles. The Labute approximate surface area is 205 Å². The molecule has 9 heteroatoms. The van der Waals surface area contributed by atoms with Gasteiger partial charge < -0.3 is 15.0 Å². The van der Waals surface area contributed by atoms with Crippen LogP contribution in [0.15, 0.2) is 36.0 Å². The number of anilines is 2. The molecule has 1 N–H and O–H groups in total. The van der Waals surface area contributed by atoms with Gasteiger partial charge in [-0.05, 0) is 64.8 Å². The Hall–Kier alpha value is -2.78. The molecule has 2 atom stereocenters. The quantitative estimate of drug-likeness (QED) is 0.321. The maximum atomic E-state index is 15.0. The van der Waals surface area contributed by atoms with Gasteiger partial charge in [0.05, 0.1) is 21.6 Å². The molecule has 0 spiro atoms. The molecule has 4 aromatic rings. The van der Waals surface area contributed by atoms with Crippen molar-refractivity contribution in [2.45, 2.75) is 58.1 Å². The van der Waals surface area contributed by atoms with Crippen LogP contribution in [0.4, 0.5) is 20.6 Å². The van der Waals surface area contributed by atoms with E-state index in [1.807, 2.05) is 37.8 Å². The number of benzene rings is 1. The number of pyridine rings is 1. The molecule has 3 aromatic heterocycles. The van der Waals surface area contributed by atoms with E-state index in [-0.39, 0.29) is 23.9 Å². The van der Waals surface area contributed by atoms with Gasteiger partial charge in [-0.1, -0.05) is 0 Å². The summed E-state index contributed by atoms with van der Waals surface area (Å²) in [6.45, 7) is 8.44. The first-order chi connectivity index (χ1) is 16.2. The lowest BCUT2D eigenvalue weighted by Crippen LogP contribution is -2.47. The largest absolute Gasteiger partial charge is 0.444 e. The number of ether oxygens (including phenoxy) is 1. The minimum atomic E-state index is -0.525. The number of aromatic nitrogens is 2. The first-order valence-corrected chi connectivity index (χ1v) is 13.1. The Kier molecular flexibility index (Phi) is 5.93. The molecule has 1 saturated heterocycles. The number of fused-ring (bicyclic) bond motifs is 2. The third-order valence-corrected chi connectivity index (χ3v) is 8.12. The minimum Gasteiger partial charge on any atom is -0.444 e. The predicted molar refractivity (Wildman–Crippen MR) is 137 cm³/mol. The number of nitrogens with zero attached hydrogens (tertiary/aromatic N) is 3. The second-order valence-electron chi connectivity index (χ2n) is 9.64. The summed E-state index contributed by atoms with van der Waals surface area (Å²) < 4.78 is 21.5. The minimum absolute atomic E-state index is 0.0117. The van der Waals surface area contributed by atoms with Gasteiger partial charge in [0.1, 0.15) is 15.9 Å². The van der Waals surface area contributed by atoms with Crippen molar-refractivity contribution in [1.82, 2.24) is 14.9 Å². The fraction of sp³-hybridized carbons (Fsp3) is 0.400. The topological polar surface area (TPSA) is 67.4 Å². The standard InChI is InChI=1S/C25H27FN4O2S2/c1-14-15(6-5-11-30(14)24(31)32-25(2,3)4)20-12-16-17(9-10-27-23(16)34-20)29-18-7-8-19-22(21(18)26)28-13-33-19/h7-10,12-15H,5-6,11H2,1-4H3,(H,27,29)/t14-,15?/m1/s1. The Morgan fingerprint density at radius 3 is 2.85 bits per heavy atom. The van der Waals surface area contributed by atoms with Gasteiger partial charge in [-0.2, -0.15) is 0 Å². The van der Waals surface area contributed by atoms with Crippen molar-refractivity contribution in [2.75, 3.05) is 11.9 Å². The van der Waals surface area contributed by atoms with Gasteiger partial charge in [0.15, 0.2) is 5.82 Å². The highest BCUT2D eigenvalue weighted by molar-refractivity contribution is 7.18. The summed E-state index contributed by atoms with van der Waals surface area (Å²) in [5, 5.41) is 4.20. The highest BCUT2D eigenvalue weighted by Gasteiger charge is 2.35. The van der Waals surface area contributed by atoms with Crippen LogP contribution < -0.4 is 5.32 Å². The number of hydrogen-bond acceptors (Lipinski definition) is 7. The summed E-state index contributed by atoms with van der Waals surface area (Å²) in [5.41, 5.74) is 2.70. The van der Waals surface area contributed by atoms with E-state index in [9.17, 15) is 9.18 Å². The number of piperidine rings is 1. The number of thiophene rings is 1. The Morgan fingerprint density at radius 2 is 2.06 bits per heavy atom. The molecular weight excluding hydrogens is 471 g/mol. The summed E-state index contributed by atoms with van der Waals surface area (Å²) in [5.74, 6) is -0.163. The summed E-state index contributed by atoms with van der Waals surface area (Å²) in [4.78, 5) is 25.4. The molecule has 1 amide bonds. The zero-order valence-electron chi connectivity index (χ0n) is 19.6. The molecule has 1 aromatic carbocycles. The van der Waals surface area contributed by atoms with Crippen molar-refractivity contribution in [3.05, 3.63) is 46.7 Å². The zero-order chi connectivity index (χ0) is 24.0. The number of thiazole rings is 1. The summed E-state index contributed by atoms with van der Waals surface area (Å²) in [6.07, 6.45) is 3.38. The van der Waals surface area contributed by atoms with Gasteiger partial charge in [-0.15, -0.1) is 22.7 Å².